The zero-order valence-corrected chi connectivity index (χ0v) is 4.83. The summed E-state index contributed by atoms with van der Waals surface area (Å²) >= 11 is 0. The summed E-state index contributed by atoms with van der Waals surface area (Å²) in [5.74, 6) is 0. The Morgan fingerprint density at radius 2 is 1.09 bits per heavy atom. The van der Waals surface area contributed by atoms with Crippen LogP contribution < -0.4 is 0 Å². The highest BCUT2D eigenvalue weighted by atomic mass is 19.3. The average molecular weight is 180 g/mol. The molecule has 1 nitrogen and oxygen atoms in total. The molecule has 0 aromatic heterocycles. The second-order valence-corrected chi connectivity index (χ2v) is 2.03. The van der Waals surface area contributed by atoms with Gasteiger partial charge in [0.25, 0.3) is 0 Å². The predicted octanol–water partition coefficient (Wildman–Crippen LogP) is 1.88. The molecule has 0 amide bonds. The molecule has 0 radical (unpaired) electrons. The molecule has 1 fully saturated rings. The molecule has 0 spiro atoms. The molecule has 11 heavy (non-hydrogen) atoms. The molecule has 1 saturated heterocycles. The van der Waals surface area contributed by atoms with Gasteiger partial charge in [0.2, 0.25) is 12.3 Å². The molecule has 1 aliphatic heterocycles. The first-order valence-electron chi connectivity index (χ1n) is 2.51. The van der Waals surface area contributed by atoms with E-state index in [-0.39, 0.29) is 0 Å². The molecule has 2 atom stereocenters. The van der Waals surface area contributed by atoms with Crippen LogP contribution in [0.4, 0.5) is 26.3 Å². The largest absolute Gasteiger partial charge is 0.394 e. The third-order valence-electron chi connectivity index (χ3n) is 1.17. The third kappa shape index (κ3) is 1.17. The van der Waals surface area contributed by atoms with Crippen molar-refractivity contribution in [1.29, 1.82) is 0 Å². The van der Waals surface area contributed by atoms with Crippen molar-refractivity contribution in [3.05, 3.63) is 0 Å². The first-order chi connectivity index (χ1) is 4.77. The van der Waals surface area contributed by atoms with E-state index in [1.807, 2.05) is 0 Å². The van der Waals surface area contributed by atoms with Crippen LogP contribution in [0, 0.1) is 0 Å². The fourth-order valence-electron chi connectivity index (χ4n) is 0.635. The molecule has 0 saturated carbocycles. The number of rotatable bonds is 0. The molecule has 7 heteroatoms. The van der Waals surface area contributed by atoms with E-state index >= 15 is 0 Å². The Morgan fingerprint density at radius 1 is 0.818 bits per heavy atom. The number of alkyl halides is 6. The lowest BCUT2D eigenvalue weighted by atomic mass is 10.2. The van der Waals surface area contributed by atoms with Crippen molar-refractivity contribution >= 4 is 0 Å². The number of hydrogen-bond acceptors (Lipinski definition) is 1. The summed E-state index contributed by atoms with van der Waals surface area (Å²) in [5.41, 5.74) is 0. The summed E-state index contributed by atoms with van der Waals surface area (Å²) in [6.45, 7) is 0. The van der Waals surface area contributed by atoms with E-state index in [1.165, 1.54) is 0 Å². The minimum absolute atomic E-state index is 2.54. The second kappa shape index (κ2) is 2.02. The van der Waals surface area contributed by atoms with Crippen LogP contribution in [0.2, 0.25) is 0 Å². The van der Waals surface area contributed by atoms with Crippen molar-refractivity contribution in [2.75, 3.05) is 0 Å². The summed E-state index contributed by atoms with van der Waals surface area (Å²) in [4.78, 5) is 0. The van der Waals surface area contributed by atoms with Crippen LogP contribution in [0.15, 0.2) is 0 Å². The van der Waals surface area contributed by atoms with Crippen LogP contribution in [-0.4, -0.2) is 24.6 Å². The number of hydrogen-bond donors (Lipinski definition) is 0. The zero-order valence-electron chi connectivity index (χ0n) is 4.83. The van der Waals surface area contributed by atoms with Crippen LogP contribution in [0.25, 0.3) is 0 Å². The smallest absolute Gasteiger partial charge is 0.250 e. The van der Waals surface area contributed by atoms with Crippen LogP contribution in [-0.2, 0) is 4.74 Å². The second-order valence-electron chi connectivity index (χ2n) is 2.03. The Bertz CT molecular complexity index is 150. The van der Waals surface area contributed by atoms with Crippen molar-refractivity contribution in [3.63, 3.8) is 0 Å². The Kier molecular flexibility index (Phi) is 1.59. The molecule has 0 aromatic rings. The molecule has 0 aliphatic carbocycles. The summed E-state index contributed by atoms with van der Waals surface area (Å²) in [7, 11) is 0. The lowest BCUT2D eigenvalue weighted by Gasteiger charge is -2.09. The van der Waals surface area contributed by atoms with E-state index in [1.54, 1.807) is 0 Å². The van der Waals surface area contributed by atoms with E-state index in [2.05, 4.69) is 4.74 Å². The van der Waals surface area contributed by atoms with E-state index in [0.717, 1.165) is 0 Å². The summed E-state index contributed by atoms with van der Waals surface area (Å²) in [5, 5.41) is 0. The third-order valence-corrected chi connectivity index (χ3v) is 1.17. The molecule has 0 aromatic carbocycles. The minimum atomic E-state index is -4.73. The standard InChI is InChI=1S/C4H2F6O/c5-1-2(6)4(9,10)11-3(1,7)8/h1-2H. The van der Waals surface area contributed by atoms with Crippen molar-refractivity contribution < 1.29 is 31.1 Å². The molecule has 66 valence electrons. The minimum Gasteiger partial charge on any atom is -0.250 e. The van der Waals surface area contributed by atoms with Crippen molar-refractivity contribution in [2.45, 2.75) is 24.6 Å². The average Bonchev–Trinajstić information content (AvgIpc) is 1.91. The fourth-order valence-corrected chi connectivity index (χ4v) is 0.635. The van der Waals surface area contributed by atoms with E-state index < -0.39 is 24.6 Å². The van der Waals surface area contributed by atoms with Gasteiger partial charge in [-0.3, -0.25) is 4.74 Å². The van der Waals surface area contributed by atoms with Gasteiger partial charge in [-0.15, -0.1) is 0 Å². The normalized spacial score (nSPS) is 40.9. The predicted molar refractivity (Wildman–Crippen MR) is 20.8 cm³/mol. The maximum Gasteiger partial charge on any atom is 0.394 e. The first kappa shape index (κ1) is 8.63. The number of halogens is 6. The molecular formula is C4H2F6O. The van der Waals surface area contributed by atoms with Gasteiger partial charge in [0.15, 0.2) is 0 Å². The highest BCUT2D eigenvalue weighted by Crippen LogP contribution is 2.45. The van der Waals surface area contributed by atoms with Gasteiger partial charge in [-0.05, 0) is 0 Å². The van der Waals surface area contributed by atoms with E-state index in [0.29, 0.717) is 0 Å². The van der Waals surface area contributed by atoms with Crippen molar-refractivity contribution in [2.24, 2.45) is 0 Å². The van der Waals surface area contributed by atoms with Gasteiger partial charge < -0.3 is 0 Å². The van der Waals surface area contributed by atoms with Gasteiger partial charge in [-0.25, -0.2) is 8.78 Å². The molecule has 2 unspecified atom stereocenters. The maximum absolute atomic E-state index is 11.9. The van der Waals surface area contributed by atoms with Gasteiger partial charge in [-0.2, -0.15) is 17.6 Å². The van der Waals surface area contributed by atoms with Gasteiger partial charge in [0, 0.05) is 0 Å². The SMILES string of the molecule is FC1C(F)C(F)(F)OC1(F)F. The molecule has 0 N–H and O–H groups in total. The Labute approximate surface area is 56.9 Å². The van der Waals surface area contributed by atoms with Crippen LogP contribution in [0.5, 0.6) is 0 Å². The lowest BCUT2D eigenvalue weighted by molar-refractivity contribution is -0.341. The van der Waals surface area contributed by atoms with Crippen LogP contribution in [0.1, 0.15) is 0 Å². The van der Waals surface area contributed by atoms with Gasteiger partial charge >= 0.3 is 12.2 Å². The van der Waals surface area contributed by atoms with Gasteiger partial charge in [0.05, 0.1) is 0 Å². The summed E-state index contributed by atoms with van der Waals surface area (Å²) in [6, 6.07) is 0. The van der Waals surface area contributed by atoms with E-state index in [9.17, 15) is 26.3 Å². The topological polar surface area (TPSA) is 9.23 Å². The molecule has 1 rings (SSSR count). The fraction of sp³-hybridized carbons (Fsp3) is 1.00. The summed E-state index contributed by atoms with van der Waals surface area (Å²) in [6.07, 6.45) is -16.7. The molecule has 1 aliphatic rings. The molecule has 0 bridgehead atoms. The highest BCUT2D eigenvalue weighted by Gasteiger charge is 2.69. The highest BCUT2D eigenvalue weighted by molar-refractivity contribution is 4.90. The Morgan fingerprint density at radius 3 is 1.18 bits per heavy atom. The quantitative estimate of drug-likeness (QED) is 0.517. The van der Waals surface area contributed by atoms with Crippen LogP contribution in [0.3, 0.4) is 0 Å². The lowest BCUT2D eigenvalue weighted by Crippen LogP contribution is -2.30. The van der Waals surface area contributed by atoms with Crippen LogP contribution >= 0.6 is 0 Å². The van der Waals surface area contributed by atoms with Gasteiger partial charge in [0.1, 0.15) is 0 Å². The molecule has 1 heterocycles. The van der Waals surface area contributed by atoms with Crippen molar-refractivity contribution in [3.8, 4) is 0 Å². The first-order valence-corrected chi connectivity index (χ1v) is 2.51. The Balaban J connectivity index is 2.86. The van der Waals surface area contributed by atoms with Gasteiger partial charge in [-0.1, -0.05) is 0 Å². The number of ether oxygens (including phenoxy) is 1. The monoisotopic (exact) mass is 180 g/mol. The zero-order chi connectivity index (χ0) is 8.86. The Hall–Kier alpha value is -0.460. The van der Waals surface area contributed by atoms with Crippen molar-refractivity contribution in [1.82, 2.24) is 0 Å². The van der Waals surface area contributed by atoms with E-state index in [4.69, 9.17) is 0 Å². The maximum atomic E-state index is 11.9. The summed E-state index contributed by atoms with van der Waals surface area (Å²) < 4.78 is 73.3. The molecular weight excluding hydrogens is 178 g/mol.